The van der Waals surface area contributed by atoms with E-state index in [9.17, 15) is 19.0 Å². The second-order valence-electron chi connectivity index (χ2n) is 16.5. The third-order valence-electron chi connectivity index (χ3n) is 9.89. The molecule has 2 atom stereocenters. The van der Waals surface area contributed by atoms with Crippen molar-refractivity contribution >= 4 is 19.8 Å². The van der Waals surface area contributed by atoms with E-state index >= 15 is 0 Å². The van der Waals surface area contributed by atoms with E-state index in [2.05, 4.69) is 13.8 Å². The smallest absolute Gasteiger partial charge is 0.462 e. The Morgan fingerprint density at radius 3 is 1.21 bits per heavy atom. The molecule has 0 aromatic heterocycles. The lowest BCUT2D eigenvalue weighted by Gasteiger charge is -2.24. The van der Waals surface area contributed by atoms with Crippen molar-refractivity contribution in [3.8, 4) is 0 Å². The number of hydrogen-bond donors (Lipinski definition) is 1. The zero-order valence-electron chi connectivity index (χ0n) is 35.5. The van der Waals surface area contributed by atoms with Gasteiger partial charge < -0.3 is 18.9 Å². The molecule has 0 aliphatic carbocycles. The lowest BCUT2D eigenvalue weighted by atomic mass is 10.0. The molecule has 316 valence electrons. The van der Waals surface area contributed by atoms with E-state index in [1.165, 1.54) is 148 Å². The zero-order valence-corrected chi connectivity index (χ0v) is 36.4. The highest BCUT2D eigenvalue weighted by Gasteiger charge is 2.27. The van der Waals surface area contributed by atoms with Crippen LogP contribution in [0.4, 0.5) is 0 Å². The molecule has 9 nitrogen and oxygen atoms in total. The fraction of sp³-hybridized carbons (Fsp3) is 0.953. The number of rotatable bonds is 41. The minimum atomic E-state index is -4.36. The summed E-state index contributed by atoms with van der Waals surface area (Å²) >= 11 is 0. The monoisotopic (exact) mass is 777 g/mol. The van der Waals surface area contributed by atoms with Gasteiger partial charge in [-0.05, 0) is 12.8 Å². The van der Waals surface area contributed by atoms with Gasteiger partial charge in [-0.2, -0.15) is 0 Å². The van der Waals surface area contributed by atoms with Crippen molar-refractivity contribution in [3.05, 3.63) is 0 Å². The van der Waals surface area contributed by atoms with Crippen LogP contribution in [0.5, 0.6) is 0 Å². The zero-order chi connectivity index (χ0) is 39.3. The highest BCUT2D eigenvalue weighted by atomic mass is 31.2. The van der Waals surface area contributed by atoms with Crippen molar-refractivity contribution in [2.75, 3.05) is 47.5 Å². The molecule has 0 saturated carbocycles. The first-order chi connectivity index (χ1) is 25.5. The molecule has 10 heteroatoms. The number of phosphoric acid groups is 1. The second kappa shape index (κ2) is 36.6. The Morgan fingerprint density at radius 2 is 0.849 bits per heavy atom. The van der Waals surface area contributed by atoms with E-state index in [0.717, 1.165) is 38.5 Å². The molecule has 0 aliphatic rings. The summed E-state index contributed by atoms with van der Waals surface area (Å²) in [5, 5.41) is 0. The third kappa shape index (κ3) is 40.5. The van der Waals surface area contributed by atoms with Crippen molar-refractivity contribution in [1.82, 2.24) is 0 Å². The Balaban J connectivity index is 4.28. The molecule has 0 saturated heterocycles. The van der Waals surface area contributed by atoms with Gasteiger partial charge in [-0.1, -0.05) is 187 Å². The Labute approximate surface area is 327 Å². The second-order valence-corrected chi connectivity index (χ2v) is 17.9. The van der Waals surface area contributed by atoms with Gasteiger partial charge in [0.1, 0.15) is 19.8 Å². The summed E-state index contributed by atoms with van der Waals surface area (Å²) in [6.07, 6.45) is 35.7. The standard InChI is InChI=1S/C43H86NO8P/c1-6-8-10-12-14-16-18-20-21-22-23-24-26-27-29-31-33-35-42(45)49-39-41(40-51-53(47,48)50-38-37-44(3,4)5)52-43(46)36-34-32-30-28-25-19-17-15-13-11-9-7-2/h41H,6-40H2,1-5H3/p+1. The number of esters is 2. The van der Waals surface area contributed by atoms with Crippen LogP contribution in [0, 0.1) is 0 Å². The average Bonchev–Trinajstić information content (AvgIpc) is 3.10. The summed E-state index contributed by atoms with van der Waals surface area (Å²) in [4.78, 5) is 35.3. The first-order valence-corrected chi connectivity index (χ1v) is 23.8. The molecule has 1 N–H and O–H groups in total. The topological polar surface area (TPSA) is 108 Å². The quantitative estimate of drug-likeness (QED) is 0.0283. The van der Waals surface area contributed by atoms with Crippen LogP contribution in [0.25, 0.3) is 0 Å². The predicted octanol–water partition coefficient (Wildman–Crippen LogP) is 12.4. The van der Waals surface area contributed by atoms with Crippen LogP contribution in [0.3, 0.4) is 0 Å². The number of ether oxygens (including phenoxy) is 2. The number of hydrogen-bond acceptors (Lipinski definition) is 7. The Bertz CT molecular complexity index is 881. The van der Waals surface area contributed by atoms with Crippen molar-refractivity contribution in [1.29, 1.82) is 0 Å². The molecule has 0 fully saturated rings. The number of quaternary nitrogens is 1. The molecule has 0 amide bonds. The van der Waals surface area contributed by atoms with Crippen LogP contribution < -0.4 is 0 Å². The maximum atomic E-state index is 12.6. The predicted molar refractivity (Wildman–Crippen MR) is 220 cm³/mol. The van der Waals surface area contributed by atoms with Gasteiger partial charge in [0, 0.05) is 12.8 Å². The van der Waals surface area contributed by atoms with E-state index in [1.807, 2.05) is 21.1 Å². The van der Waals surface area contributed by atoms with Crippen LogP contribution in [0.2, 0.25) is 0 Å². The maximum Gasteiger partial charge on any atom is 0.472 e. The first kappa shape index (κ1) is 52.0. The minimum Gasteiger partial charge on any atom is -0.462 e. The molecule has 53 heavy (non-hydrogen) atoms. The van der Waals surface area contributed by atoms with Crippen molar-refractivity contribution in [3.63, 3.8) is 0 Å². The molecule has 0 aliphatic heterocycles. The fourth-order valence-corrected chi connectivity index (χ4v) is 7.11. The normalized spacial score (nSPS) is 13.5. The summed E-state index contributed by atoms with van der Waals surface area (Å²) in [5.41, 5.74) is 0. The number of unbranched alkanes of at least 4 members (excludes halogenated alkanes) is 27. The summed E-state index contributed by atoms with van der Waals surface area (Å²) in [5.74, 6) is -0.784. The Morgan fingerprint density at radius 1 is 0.509 bits per heavy atom. The van der Waals surface area contributed by atoms with Crippen molar-refractivity contribution < 1.29 is 42.1 Å². The van der Waals surface area contributed by atoms with Gasteiger partial charge in [0.2, 0.25) is 0 Å². The highest BCUT2D eigenvalue weighted by Crippen LogP contribution is 2.43. The number of nitrogens with zero attached hydrogens (tertiary/aromatic N) is 1. The molecule has 0 aromatic carbocycles. The van der Waals surface area contributed by atoms with E-state index in [4.69, 9.17) is 18.5 Å². The van der Waals surface area contributed by atoms with E-state index < -0.39 is 26.5 Å². The number of carbonyl (C=O) groups is 2. The Kier molecular flexibility index (Phi) is 36.0. The van der Waals surface area contributed by atoms with E-state index in [1.54, 1.807) is 0 Å². The van der Waals surface area contributed by atoms with Crippen LogP contribution in [-0.4, -0.2) is 74.9 Å². The molecule has 0 bridgehead atoms. The van der Waals surface area contributed by atoms with Crippen LogP contribution in [0.1, 0.15) is 213 Å². The van der Waals surface area contributed by atoms with Crippen molar-refractivity contribution in [2.45, 2.75) is 219 Å². The highest BCUT2D eigenvalue weighted by molar-refractivity contribution is 7.47. The summed E-state index contributed by atoms with van der Waals surface area (Å²) in [6, 6.07) is 0. The van der Waals surface area contributed by atoms with Gasteiger partial charge in [-0.25, -0.2) is 4.57 Å². The first-order valence-electron chi connectivity index (χ1n) is 22.3. The van der Waals surface area contributed by atoms with Gasteiger partial charge in [0.25, 0.3) is 0 Å². The van der Waals surface area contributed by atoms with E-state index in [-0.39, 0.29) is 25.6 Å². The summed E-state index contributed by atoms with van der Waals surface area (Å²) < 4.78 is 34.3. The molecule has 0 heterocycles. The largest absolute Gasteiger partial charge is 0.472 e. The van der Waals surface area contributed by atoms with Crippen LogP contribution in [-0.2, 0) is 32.7 Å². The van der Waals surface area contributed by atoms with Gasteiger partial charge in [0.05, 0.1) is 27.7 Å². The van der Waals surface area contributed by atoms with E-state index in [0.29, 0.717) is 17.4 Å². The van der Waals surface area contributed by atoms with Gasteiger partial charge in [-0.3, -0.25) is 18.6 Å². The molecule has 0 radical (unpaired) electrons. The maximum absolute atomic E-state index is 12.6. The molecule has 0 rings (SSSR count). The van der Waals surface area contributed by atoms with Gasteiger partial charge in [0.15, 0.2) is 6.10 Å². The molecule has 0 aromatic rings. The molecule has 2 unspecified atom stereocenters. The Hall–Kier alpha value is -0.990. The lowest BCUT2D eigenvalue weighted by Crippen LogP contribution is -2.37. The van der Waals surface area contributed by atoms with Gasteiger partial charge >= 0.3 is 19.8 Å². The molecular formula is C43H87NO8P+. The third-order valence-corrected chi connectivity index (χ3v) is 10.9. The lowest BCUT2D eigenvalue weighted by molar-refractivity contribution is -0.870. The number of carbonyl (C=O) groups excluding carboxylic acids is 2. The number of phosphoric ester groups is 1. The molecule has 0 spiro atoms. The minimum absolute atomic E-state index is 0.0367. The average molecular weight is 777 g/mol. The SMILES string of the molecule is CCCCCCCCCCCCCCCCCCCC(=O)OCC(COP(=O)(O)OCC[N+](C)(C)C)OC(=O)CCCCCCCCCCCCCC. The van der Waals surface area contributed by atoms with Crippen LogP contribution >= 0.6 is 7.82 Å². The van der Waals surface area contributed by atoms with Crippen molar-refractivity contribution in [2.24, 2.45) is 0 Å². The van der Waals surface area contributed by atoms with Crippen LogP contribution in [0.15, 0.2) is 0 Å². The summed E-state index contributed by atoms with van der Waals surface area (Å²) in [7, 11) is 1.49. The number of likely N-dealkylation sites (N-methyl/N-ethyl adjacent to an activating group) is 1. The molecular weight excluding hydrogens is 689 g/mol. The summed E-state index contributed by atoms with van der Waals surface area (Å²) in [6.45, 7) is 4.45. The van der Waals surface area contributed by atoms with Gasteiger partial charge in [-0.15, -0.1) is 0 Å². The fourth-order valence-electron chi connectivity index (χ4n) is 6.37.